The fourth-order valence-electron chi connectivity index (χ4n) is 1.13. The van der Waals surface area contributed by atoms with Crippen LogP contribution in [0.4, 0.5) is 0 Å². The number of hydrogen-bond acceptors (Lipinski definition) is 3. The van der Waals surface area contributed by atoms with Gasteiger partial charge in [-0.25, -0.2) is 0 Å². The third-order valence-corrected chi connectivity index (χ3v) is 1.87. The molecule has 1 fully saturated rings. The van der Waals surface area contributed by atoms with E-state index in [2.05, 4.69) is 0 Å². The summed E-state index contributed by atoms with van der Waals surface area (Å²) in [5.74, 6) is 0.0185. The van der Waals surface area contributed by atoms with Crippen LogP contribution in [-0.4, -0.2) is 25.8 Å². The third kappa shape index (κ3) is 1.36. The van der Waals surface area contributed by atoms with Crippen molar-refractivity contribution in [2.45, 2.75) is 25.7 Å². The van der Waals surface area contributed by atoms with E-state index in [0.29, 0.717) is 6.42 Å². The van der Waals surface area contributed by atoms with Gasteiger partial charge >= 0.3 is 0 Å². The average molecular weight is 144 g/mol. The van der Waals surface area contributed by atoms with Crippen LogP contribution >= 0.6 is 0 Å². The largest absolute Gasteiger partial charge is 0.356 e. The molecule has 0 unspecified atom stereocenters. The van der Waals surface area contributed by atoms with Crippen LogP contribution in [0.1, 0.15) is 13.3 Å². The number of hydrogen-bond donors (Lipinski definition) is 0. The zero-order valence-electron chi connectivity index (χ0n) is 6.24. The van der Waals surface area contributed by atoms with Gasteiger partial charge in [-0.05, 0) is 6.92 Å². The summed E-state index contributed by atoms with van der Waals surface area (Å²) in [7, 11) is 1.59. The Hall–Kier alpha value is -0.410. The lowest BCUT2D eigenvalue weighted by Crippen LogP contribution is -2.12. The van der Waals surface area contributed by atoms with Crippen molar-refractivity contribution in [3.8, 4) is 0 Å². The fraction of sp³-hybridized carbons (Fsp3) is 0.857. The highest BCUT2D eigenvalue weighted by molar-refractivity contribution is 5.54. The molecule has 0 amide bonds. The Bertz CT molecular complexity index is 124. The minimum Gasteiger partial charge on any atom is -0.356 e. The van der Waals surface area contributed by atoms with Gasteiger partial charge in [-0.3, -0.25) is 0 Å². The monoisotopic (exact) mass is 144 g/mol. The van der Waals surface area contributed by atoms with Gasteiger partial charge in [0.2, 0.25) is 0 Å². The van der Waals surface area contributed by atoms with E-state index in [9.17, 15) is 4.79 Å². The van der Waals surface area contributed by atoms with E-state index in [1.54, 1.807) is 7.11 Å². The van der Waals surface area contributed by atoms with Crippen LogP contribution in [0.2, 0.25) is 0 Å². The van der Waals surface area contributed by atoms with E-state index in [4.69, 9.17) is 9.47 Å². The molecule has 1 aliphatic heterocycles. The Morgan fingerprint density at radius 2 is 2.40 bits per heavy atom. The minimum atomic E-state index is -0.176. The van der Waals surface area contributed by atoms with Crippen LogP contribution in [0.25, 0.3) is 0 Å². The van der Waals surface area contributed by atoms with Gasteiger partial charge in [0.15, 0.2) is 6.29 Å². The maximum Gasteiger partial charge on any atom is 0.158 e. The second kappa shape index (κ2) is 3.12. The molecule has 0 radical (unpaired) electrons. The molecule has 0 aliphatic carbocycles. The second-order valence-corrected chi connectivity index (χ2v) is 2.54. The number of aldehydes is 1. The first kappa shape index (κ1) is 7.69. The first-order chi connectivity index (χ1) is 4.77. The van der Waals surface area contributed by atoms with Crippen molar-refractivity contribution in [2.75, 3.05) is 7.11 Å². The van der Waals surface area contributed by atoms with Crippen molar-refractivity contribution in [3.63, 3.8) is 0 Å². The Morgan fingerprint density at radius 1 is 1.70 bits per heavy atom. The lowest BCUT2D eigenvalue weighted by Gasteiger charge is -2.06. The van der Waals surface area contributed by atoms with Crippen molar-refractivity contribution in [3.05, 3.63) is 0 Å². The summed E-state index contributed by atoms with van der Waals surface area (Å²) in [4.78, 5) is 10.3. The van der Waals surface area contributed by atoms with Gasteiger partial charge in [0.05, 0.1) is 6.10 Å². The molecule has 1 rings (SSSR count). The number of carbonyl (C=O) groups excluding carboxylic acids is 1. The van der Waals surface area contributed by atoms with Crippen molar-refractivity contribution in [2.24, 2.45) is 5.92 Å². The predicted molar refractivity (Wildman–Crippen MR) is 35.5 cm³/mol. The van der Waals surface area contributed by atoms with E-state index in [1.807, 2.05) is 6.92 Å². The van der Waals surface area contributed by atoms with Crippen molar-refractivity contribution in [1.29, 1.82) is 0 Å². The molecule has 1 aliphatic rings. The molecule has 0 aromatic carbocycles. The summed E-state index contributed by atoms with van der Waals surface area (Å²) in [6, 6.07) is 0. The summed E-state index contributed by atoms with van der Waals surface area (Å²) < 4.78 is 10.2. The van der Waals surface area contributed by atoms with Crippen LogP contribution in [-0.2, 0) is 14.3 Å². The highest BCUT2D eigenvalue weighted by Gasteiger charge is 2.31. The topological polar surface area (TPSA) is 35.5 Å². The van der Waals surface area contributed by atoms with Gasteiger partial charge < -0.3 is 14.3 Å². The summed E-state index contributed by atoms with van der Waals surface area (Å²) in [5.41, 5.74) is 0. The SMILES string of the molecule is CO[C@H]1C[C@H](C=O)[C@@H](C)O1. The summed E-state index contributed by atoms with van der Waals surface area (Å²) in [5, 5.41) is 0. The molecule has 3 nitrogen and oxygen atoms in total. The van der Waals surface area contributed by atoms with Gasteiger partial charge in [0.1, 0.15) is 6.29 Å². The molecule has 58 valence electrons. The van der Waals surface area contributed by atoms with Crippen LogP contribution in [0, 0.1) is 5.92 Å². The van der Waals surface area contributed by atoms with E-state index in [0.717, 1.165) is 6.29 Å². The van der Waals surface area contributed by atoms with E-state index in [-0.39, 0.29) is 18.3 Å². The lowest BCUT2D eigenvalue weighted by molar-refractivity contribution is -0.116. The van der Waals surface area contributed by atoms with Crippen LogP contribution in [0.3, 0.4) is 0 Å². The van der Waals surface area contributed by atoms with E-state index < -0.39 is 0 Å². The number of methoxy groups -OCH3 is 1. The van der Waals surface area contributed by atoms with Crippen LogP contribution in [0.5, 0.6) is 0 Å². The van der Waals surface area contributed by atoms with Crippen LogP contribution in [0.15, 0.2) is 0 Å². The minimum absolute atomic E-state index is 0.0162. The molecule has 1 saturated heterocycles. The van der Waals surface area contributed by atoms with E-state index in [1.165, 1.54) is 0 Å². The van der Waals surface area contributed by atoms with Crippen molar-refractivity contribution < 1.29 is 14.3 Å². The average Bonchev–Trinajstić information content (AvgIpc) is 2.30. The molecule has 3 atom stereocenters. The van der Waals surface area contributed by atoms with Gasteiger partial charge in [0.25, 0.3) is 0 Å². The van der Waals surface area contributed by atoms with Gasteiger partial charge in [0, 0.05) is 19.4 Å². The lowest BCUT2D eigenvalue weighted by atomic mass is 10.1. The zero-order chi connectivity index (χ0) is 7.56. The van der Waals surface area contributed by atoms with Crippen molar-refractivity contribution in [1.82, 2.24) is 0 Å². The predicted octanol–water partition coefficient (Wildman–Crippen LogP) is 0.583. The molecule has 1 heterocycles. The Balaban J connectivity index is 2.43. The molecule has 0 spiro atoms. The first-order valence-corrected chi connectivity index (χ1v) is 3.41. The quantitative estimate of drug-likeness (QED) is 0.532. The highest BCUT2D eigenvalue weighted by atomic mass is 16.7. The fourth-order valence-corrected chi connectivity index (χ4v) is 1.13. The Morgan fingerprint density at radius 3 is 2.70 bits per heavy atom. The number of rotatable bonds is 2. The Labute approximate surface area is 60.3 Å². The van der Waals surface area contributed by atoms with Gasteiger partial charge in [-0.1, -0.05) is 0 Å². The smallest absolute Gasteiger partial charge is 0.158 e. The first-order valence-electron chi connectivity index (χ1n) is 3.41. The number of ether oxygens (including phenoxy) is 2. The third-order valence-electron chi connectivity index (χ3n) is 1.87. The molecule has 0 saturated carbocycles. The standard InChI is InChI=1S/C7H12O3/c1-5-6(4-8)3-7(9-2)10-5/h4-7H,3H2,1-2H3/t5-,6-,7-/m1/s1. The highest BCUT2D eigenvalue weighted by Crippen LogP contribution is 2.24. The maximum absolute atomic E-state index is 10.3. The summed E-state index contributed by atoms with van der Waals surface area (Å²) in [6.07, 6.45) is 1.47. The number of carbonyl (C=O) groups is 1. The molecular weight excluding hydrogens is 132 g/mol. The molecule has 0 bridgehead atoms. The van der Waals surface area contributed by atoms with Crippen molar-refractivity contribution >= 4 is 6.29 Å². The van der Waals surface area contributed by atoms with Gasteiger partial charge in [-0.2, -0.15) is 0 Å². The molecule has 10 heavy (non-hydrogen) atoms. The molecule has 0 aromatic rings. The molecule has 0 N–H and O–H groups in total. The normalized spacial score (nSPS) is 40.0. The summed E-state index contributed by atoms with van der Waals surface area (Å²) in [6.45, 7) is 1.89. The molecule has 3 heteroatoms. The molecule has 0 aromatic heterocycles. The maximum atomic E-state index is 10.3. The second-order valence-electron chi connectivity index (χ2n) is 2.54. The van der Waals surface area contributed by atoms with Gasteiger partial charge in [-0.15, -0.1) is 0 Å². The van der Waals surface area contributed by atoms with E-state index >= 15 is 0 Å². The zero-order valence-corrected chi connectivity index (χ0v) is 6.24. The summed E-state index contributed by atoms with van der Waals surface area (Å²) >= 11 is 0. The van der Waals surface area contributed by atoms with Crippen LogP contribution < -0.4 is 0 Å². The Kier molecular flexibility index (Phi) is 2.40. The molecular formula is C7H12O3.